The third kappa shape index (κ3) is 3.92. The van der Waals surface area contributed by atoms with Crippen molar-refractivity contribution in [3.05, 3.63) is 27.3 Å². The first kappa shape index (κ1) is 13.8. The number of hydrogen-bond acceptors (Lipinski definition) is 3. The summed E-state index contributed by atoms with van der Waals surface area (Å²) in [5.41, 5.74) is 5.88. The van der Waals surface area contributed by atoms with Crippen LogP contribution in [-0.4, -0.2) is 19.6 Å². The molecular formula is C12H14INO3. The van der Waals surface area contributed by atoms with E-state index in [1.54, 1.807) is 19.3 Å². The molecule has 0 fully saturated rings. The van der Waals surface area contributed by atoms with Gasteiger partial charge in [0, 0.05) is 6.08 Å². The molecule has 0 bridgehead atoms. The zero-order chi connectivity index (χ0) is 12.8. The minimum Gasteiger partial charge on any atom is -0.493 e. The van der Waals surface area contributed by atoms with Crippen LogP contribution in [0.2, 0.25) is 0 Å². The Labute approximate surface area is 114 Å². The second-order valence-corrected chi connectivity index (χ2v) is 4.37. The zero-order valence-corrected chi connectivity index (χ0v) is 11.9. The number of rotatable bonds is 5. The van der Waals surface area contributed by atoms with Crippen molar-refractivity contribution in [1.82, 2.24) is 0 Å². The second kappa shape index (κ2) is 6.48. The fourth-order valence-electron chi connectivity index (χ4n) is 1.30. The lowest BCUT2D eigenvalue weighted by molar-refractivity contribution is -0.113. The number of halogens is 1. The maximum absolute atomic E-state index is 10.7. The number of hydrogen-bond donors (Lipinski definition) is 1. The summed E-state index contributed by atoms with van der Waals surface area (Å²) in [6.45, 7) is 2.49. The fraction of sp³-hybridized carbons (Fsp3) is 0.250. The van der Waals surface area contributed by atoms with Crippen LogP contribution in [0.1, 0.15) is 12.5 Å². The molecule has 0 aliphatic carbocycles. The van der Waals surface area contributed by atoms with Crippen LogP contribution in [-0.2, 0) is 4.79 Å². The molecule has 0 saturated carbocycles. The van der Waals surface area contributed by atoms with Crippen LogP contribution >= 0.6 is 22.6 Å². The number of primary amides is 1. The zero-order valence-electron chi connectivity index (χ0n) is 9.70. The van der Waals surface area contributed by atoms with Gasteiger partial charge in [-0.05, 0) is 53.3 Å². The van der Waals surface area contributed by atoms with Gasteiger partial charge in [0.2, 0.25) is 5.91 Å². The molecule has 0 saturated heterocycles. The van der Waals surface area contributed by atoms with E-state index in [0.717, 1.165) is 9.13 Å². The minimum absolute atomic E-state index is 0.479. The fourth-order valence-corrected chi connectivity index (χ4v) is 2.08. The number of nitrogens with two attached hydrogens (primary N) is 1. The predicted octanol–water partition coefficient (Wildman–Crippen LogP) is 2.20. The first-order chi connectivity index (χ1) is 8.08. The predicted molar refractivity (Wildman–Crippen MR) is 75.1 cm³/mol. The lowest BCUT2D eigenvalue weighted by atomic mass is 10.2. The van der Waals surface area contributed by atoms with Crippen LogP contribution in [0.4, 0.5) is 0 Å². The number of amides is 1. The summed E-state index contributed by atoms with van der Waals surface area (Å²) in [5, 5.41) is 0. The Bertz CT molecular complexity index is 444. The minimum atomic E-state index is -0.479. The Hall–Kier alpha value is -1.24. The molecule has 5 heteroatoms. The van der Waals surface area contributed by atoms with Crippen molar-refractivity contribution in [3.8, 4) is 11.5 Å². The molecule has 0 atom stereocenters. The van der Waals surface area contributed by atoms with Crippen molar-refractivity contribution in [3.63, 3.8) is 0 Å². The van der Waals surface area contributed by atoms with Gasteiger partial charge in [0.05, 0.1) is 17.3 Å². The van der Waals surface area contributed by atoms with E-state index < -0.39 is 5.91 Å². The van der Waals surface area contributed by atoms with E-state index in [9.17, 15) is 4.79 Å². The van der Waals surface area contributed by atoms with E-state index in [1.165, 1.54) is 6.08 Å². The van der Waals surface area contributed by atoms with E-state index in [2.05, 4.69) is 22.6 Å². The molecular weight excluding hydrogens is 333 g/mol. The van der Waals surface area contributed by atoms with Crippen molar-refractivity contribution in [2.75, 3.05) is 13.7 Å². The van der Waals surface area contributed by atoms with Crippen molar-refractivity contribution in [2.24, 2.45) is 5.73 Å². The maximum atomic E-state index is 10.7. The highest BCUT2D eigenvalue weighted by Crippen LogP contribution is 2.34. The molecule has 0 aliphatic rings. The third-order valence-electron chi connectivity index (χ3n) is 1.98. The smallest absolute Gasteiger partial charge is 0.241 e. The van der Waals surface area contributed by atoms with E-state index in [-0.39, 0.29) is 0 Å². The Balaban J connectivity index is 3.12. The van der Waals surface area contributed by atoms with Gasteiger partial charge >= 0.3 is 0 Å². The van der Waals surface area contributed by atoms with E-state index in [4.69, 9.17) is 15.2 Å². The Kier molecular flexibility index (Phi) is 5.27. The summed E-state index contributed by atoms with van der Waals surface area (Å²) in [6.07, 6.45) is 2.95. The summed E-state index contributed by atoms with van der Waals surface area (Å²) in [4.78, 5) is 10.7. The summed E-state index contributed by atoms with van der Waals surface area (Å²) < 4.78 is 11.7. The van der Waals surface area contributed by atoms with Crippen LogP contribution in [0.25, 0.3) is 6.08 Å². The molecule has 0 aliphatic heterocycles. The standard InChI is InChI=1S/C12H14INO3/c1-3-17-12-9(13)6-8(4-5-11(14)15)7-10(12)16-2/h4-7H,3H2,1-2H3,(H2,14,15)/b5-4+. The molecule has 0 unspecified atom stereocenters. The third-order valence-corrected chi connectivity index (χ3v) is 2.78. The summed E-state index contributed by atoms with van der Waals surface area (Å²) >= 11 is 2.16. The molecule has 1 aromatic carbocycles. The highest BCUT2D eigenvalue weighted by molar-refractivity contribution is 14.1. The number of benzene rings is 1. The van der Waals surface area contributed by atoms with Crippen LogP contribution in [0, 0.1) is 3.57 Å². The van der Waals surface area contributed by atoms with Gasteiger partial charge < -0.3 is 15.2 Å². The number of carbonyl (C=O) groups excluding carboxylic acids is 1. The monoisotopic (exact) mass is 347 g/mol. The summed E-state index contributed by atoms with van der Waals surface area (Å²) in [6, 6.07) is 3.69. The molecule has 2 N–H and O–H groups in total. The normalized spacial score (nSPS) is 10.5. The summed E-state index contributed by atoms with van der Waals surface area (Å²) in [7, 11) is 1.58. The molecule has 0 radical (unpaired) electrons. The molecule has 1 aromatic rings. The highest BCUT2D eigenvalue weighted by atomic mass is 127. The summed E-state index contributed by atoms with van der Waals surface area (Å²) in [5.74, 6) is 0.877. The van der Waals surface area contributed by atoms with Crippen LogP contribution in [0.3, 0.4) is 0 Å². The number of methoxy groups -OCH3 is 1. The van der Waals surface area contributed by atoms with Gasteiger partial charge in [-0.25, -0.2) is 0 Å². The lowest BCUT2D eigenvalue weighted by Crippen LogP contribution is -2.05. The molecule has 0 spiro atoms. The second-order valence-electron chi connectivity index (χ2n) is 3.20. The number of ether oxygens (including phenoxy) is 2. The van der Waals surface area contributed by atoms with E-state index >= 15 is 0 Å². The molecule has 1 amide bonds. The Morgan fingerprint density at radius 3 is 2.76 bits per heavy atom. The average Bonchev–Trinajstić information content (AvgIpc) is 2.29. The van der Waals surface area contributed by atoms with Crippen molar-refractivity contribution in [2.45, 2.75) is 6.92 Å². The first-order valence-corrected chi connectivity index (χ1v) is 6.14. The highest BCUT2D eigenvalue weighted by Gasteiger charge is 2.09. The molecule has 92 valence electrons. The molecule has 0 aromatic heterocycles. The maximum Gasteiger partial charge on any atom is 0.241 e. The van der Waals surface area contributed by atoms with Gasteiger partial charge in [-0.2, -0.15) is 0 Å². The average molecular weight is 347 g/mol. The van der Waals surface area contributed by atoms with E-state index in [0.29, 0.717) is 18.1 Å². The first-order valence-electron chi connectivity index (χ1n) is 5.06. The molecule has 17 heavy (non-hydrogen) atoms. The van der Waals surface area contributed by atoms with Crippen molar-refractivity contribution < 1.29 is 14.3 Å². The van der Waals surface area contributed by atoms with Gasteiger partial charge in [-0.1, -0.05) is 0 Å². The number of carbonyl (C=O) groups is 1. The molecule has 1 rings (SSSR count). The van der Waals surface area contributed by atoms with Gasteiger partial charge in [0.15, 0.2) is 11.5 Å². The topological polar surface area (TPSA) is 61.5 Å². The van der Waals surface area contributed by atoms with Crippen LogP contribution in [0.5, 0.6) is 11.5 Å². The van der Waals surface area contributed by atoms with Crippen LogP contribution in [0.15, 0.2) is 18.2 Å². The molecule has 0 heterocycles. The lowest BCUT2D eigenvalue weighted by Gasteiger charge is -2.12. The van der Waals surface area contributed by atoms with E-state index in [1.807, 2.05) is 13.0 Å². The van der Waals surface area contributed by atoms with Crippen molar-refractivity contribution >= 4 is 34.6 Å². The van der Waals surface area contributed by atoms with Gasteiger partial charge in [0.25, 0.3) is 0 Å². The SMILES string of the molecule is CCOc1c(I)cc(/C=C/C(N)=O)cc1OC. The van der Waals surface area contributed by atoms with Gasteiger partial charge in [-0.3, -0.25) is 4.79 Å². The van der Waals surface area contributed by atoms with Gasteiger partial charge in [0.1, 0.15) is 0 Å². The van der Waals surface area contributed by atoms with Gasteiger partial charge in [-0.15, -0.1) is 0 Å². The molecule has 4 nitrogen and oxygen atoms in total. The Morgan fingerprint density at radius 2 is 2.24 bits per heavy atom. The Morgan fingerprint density at radius 1 is 1.53 bits per heavy atom. The van der Waals surface area contributed by atoms with Crippen LogP contribution < -0.4 is 15.2 Å². The largest absolute Gasteiger partial charge is 0.493 e. The van der Waals surface area contributed by atoms with Crippen molar-refractivity contribution in [1.29, 1.82) is 0 Å². The quantitative estimate of drug-likeness (QED) is 0.656.